The number of ether oxygens (including phenoxy) is 1. The van der Waals surface area contributed by atoms with E-state index in [9.17, 15) is 9.59 Å². The lowest BCUT2D eigenvalue weighted by Crippen LogP contribution is -2.47. The molecule has 0 aromatic heterocycles. The maximum Gasteiger partial charge on any atom is 0.407 e. The van der Waals surface area contributed by atoms with E-state index in [2.05, 4.69) is 104 Å². The van der Waals surface area contributed by atoms with Gasteiger partial charge < -0.3 is 20.7 Å². The van der Waals surface area contributed by atoms with Crippen molar-refractivity contribution in [2.45, 2.75) is 73.0 Å². The highest BCUT2D eigenvalue weighted by Gasteiger charge is 2.30. The highest BCUT2D eigenvalue weighted by molar-refractivity contribution is 5.73. The molecule has 0 spiro atoms. The minimum Gasteiger partial charge on any atom is -0.444 e. The summed E-state index contributed by atoms with van der Waals surface area (Å²) >= 11 is 0. The van der Waals surface area contributed by atoms with E-state index in [0.29, 0.717) is 13.0 Å². The zero-order valence-corrected chi connectivity index (χ0v) is 28.1. The van der Waals surface area contributed by atoms with Crippen molar-refractivity contribution in [1.82, 2.24) is 26.5 Å². The Morgan fingerprint density at radius 3 is 2.13 bits per heavy atom. The minimum atomic E-state index is -0.602. The van der Waals surface area contributed by atoms with Gasteiger partial charge in [-0.3, -0.25) is 4.79 Å². The van der Waals surface area contributed by atoms with Crippen LogP contribution in [0.5, 0.6) is 0 Å². The Labute approximate surface area is 269 Å². The predicted molar refractivity (Wildman–Crippen MR) is 182 cm³/mol. The van der Waals surface area contributed by atoms with Crippen molar-refractivity contribution in [1.29, 1.82) is 0 Å². The molecule has 0 radical (unpaired) electrons. The third-order valence-electron chi connectivity index (χ3n) is 7.60. The van der Waals surface area contributed by atoms with Crippen molar-refractivity contribution < 1.29 is 19.3 Å². The number of nitrogens with zero attached hydrogens (tertiary/aromatic N) is 1. The van der Waals surface area contributed by atoms with E-state index in [-0.39, 0.29) is 23.8 Å². The molecule has 2 aromatic rings. The average Bonchev–Trinajstić information content (AvgIpc) is 3.41. The van der Waals surface area contributed by atoms with Gasteiger partial charge in [-0.1, -0.05) is 82.8 Å². The Bertz CT molecular complexity index is 1340. The van der Waals surface area contributed by atoms with Gasteiger partial charge >= 0.3 is 6.09 Å². The molecule has 2 aromatic carbocycles. The van der Waals surface area contributed by atoms with Gasteiger partial charge in [0.05, 0.1) is 11.9 Å². The average molecular weight is 618 g/mol. The molecule has 0 aliphatic carbocycles. The van der Waals surface area contributed by atoms with Crippen molar-refractivity contribution in [3.8, 4) is 11.1 Å². The molecular weight excluding hydrogens is 566 g/mol. The quantitative estimate of drug-likeness (QED) is 0.128. The monoisotopic (exact) mass is 617 g/mol. The van der Waals surface area contributed by atoms with E-state index in [1.807, 2.05) is 40.2 Å². The van der Waals surface area contributed by atoms with Crippen LogP contribution in [-0.2, 0) is 14.5 Å². The second-order valence-electron chi connectivity index (χ2n) is 13.1. The molecule has 1 heterocycles. The van der Waals surface area contributed by atoms with Crippen LogP contribution in [0.4, 0.5) is 4.79 Å². The first-order valence-corrected chi connectivity index (χ1v) is 15.7. The Morgan fingerprint density at radius 1 is 1.02 bits per heavy atom. The number of carbonyl (C=O) groups is 2. The number of benzene rings is 2. The van der Waals surface area contributed by atoms with Crippen LogP contribution in [0.25, 0.3) is 22.4 Å². The van der Waals surface area contributed by atoms with Crippen LogP contribution >= 0.6 is 0 Å². The topological polar surface area (TPSA) is 104 Å². The molecule has 0 saturated carbocycles. The fourth-order valence-corrected chi connectivity index (χ4v) is 5.28. The van der Waals surface area contributed by atoms with Gasteiger partial charge in [0.15, 0.2) is 0 Å². The first-order chi connectivity index (χ1) is 21.3. The standard InChI is InChI=1S/C36H51N5O4/c1-24(2)32(29-16-12-27(13-17-29)28-14-18-30(19-15-28)33-22-41(9)45-40-33)21-38-26(5)31(11-10-20-37-23-42)34(25(3)4)39-35(43)44-36(6,7)8/h12-19,21-25,31,34,38,40H,5,10-11,20H2,1-4,6-9H3,(H,37,42)(H,39,43)/b32-21+. The molecule has 3 rings (SSSR count). The molecule has 0 fully saturated rings. The zero-order chi connectivity index (χ0) is 33.1. The van der Waals surface area contributed by atoms with E-state index < -0.39 is 11.7 Å². The minimum absolute atomic E-state index is 0.0943. The van der Waals surface area contributed by atoms with Crippen molar-refractivity contribution in [3.63, 3.8) is 0 Å². The molecule has 2 atom stereocenters. The molecule has 0 bridgehead atoms. The van der Waals surface area contributed by atoms with Crippen LogP contribution in [-0.4, -0.2) is 42.8 Å². The summed E-state index contributed by atoms with van der Waals surface area (Å²) in [4.78, 5) is 28.8. The van der Waals surface area contributed by atoms with Crippen LogP contribution in [0, 0.1) is 17.8 Å². The van der Waals surface area contributed by atoms with Gasteiger partial charge in [0.1, 0.15) is 5.60 Å². The maximum atomic E-state index is 12.8. The molecule has 1 aliphatic heterocycles. The van der Waals surface area contributed by atoms with Crippen molar-refractivity contribution in [2.75, 3.05) is 13.6 Å². The fourth-order valence-electron chi connectivity index (χ4n) is 5.28. The molecule has 45 heavy (non-hydrogen) atoms. The first-order valence-electron chi connectivity index (χ1n) is 15.7. The SMILES string of the molecule is C=C(N/C=C(/c1ccc(-c2ccc(C3=CN(C)ON3)cc2)cc1)C(C)C)C(CCCNC=O)C(NC(=O)OC(C)(C)C)C(C)C. The molecule has 9 heteroatoms. The molecule has 0 saturated heterocycles. The van der Waals surface area contributed by atoms with Gasteiger partial charge in [0.25, 0.3) is 0 Å². The smallest absolute Gasteiger partial charge is 0.407 e. The number of hydroxylamine groups is 3. The van der Waals surface area contributed by atoms with Crippen molar-refractivity contribution >= 4 is 23.8 Å². The summed E-state index contributed by atoms with van der Waals surface area (Å²) in [7, 11) is 1.83. The lowest BCUT2D eigenvalue weighted by atomic mass is 9.84. The molecule has 244 valence electrons. The number of allylic oxidation sites excluding steroid dienone is 1. The molecule has 9 nitrogen and oxygen atoms in total. The Balaban J connectivity index is 1.78. The van der Waals surface area contributed by atoms with E-state index in [4.69, 9.17) is 9.68 Å². The maximum absolute atomic E-state index is 12.8. The van der Waals surface area contributed by atoms with Crippen LogP contribution in [0.15, 0.2) is 73.2 Å². The van der Waals surface area contributed by atoms with Gasteiger partial charge in [-0.05, 0) is 67.7 Å². The number of rotatable bonds is 15. The summed E-state index contributed by atoms with van der Waals surface area (Å²) < 4.78 is 5.57. The van der Waals surface area contributed by atoms with E-state index in [0.717, 1.165) is 52.1 Å². The van der Waals surface area contributed by atoms with Crippen molar-refractivity contribution in [3.05, 3.63) is 84.3 Å². The highest BCUT2D eigenvalue weighted by Crippen LogP contribution is 2.29. The second-order valence-corrected chi connectivity index (χ2v) is 13.1. The number of carbonyl (C=O) groups excluding carboxylic acids is 2. The summed E-state index contributed by atoms with van der Waals surface area (Å²) in [5.74, 6) is 0.276. The Hall–Kier alpha value is -4.24. The third-order valence-corrected chi connectivity index (χ3v) is 7.60. The van der Waals surface area contributed by atoms with Gasteiger partial charge in [-0.15, -0.1) is 0 Å². The first kappa shape index (κ1) is 35.2. The van der Waals surface area contributed by atoms with Crippen molar-refractivity contribution in [2.24, 2.45) is 17.8 Å². The normalized spacial score (nSPS) is 14.8. The number of hydrogen-bond acceptors (Lipinski definition) is 7. The third kappa shape index (κ3) is 10.7. The Kier molecular flexibility index (Phi) is 12.7. The zero-order valence-electron chi connectivity index (χ0n) is 28.1. The summed E-state index contributed by atoms with van der Waals surface area (Å²) in [6.07, 6.45) is 5.65. The largest absolute Gasteiger partial charge is 0.444 e. The van der Waals surface area contributed by atoms with Gasteiger partial charge in [-0.25, -0.2) is 15.3 Å². The summed E-state index contributed by atoms with van der Waals surface area (Å²) in [6.45, 7) is 19.0. The van der Waals surface area contributed by atoms with E-state index in [1.165, 1.54) is 0 Å². The van der Waals surface area contributed by atoms with Crippen LogP contribution < -0.4 is 21.4 Å². The van der Waals surface area contributed by atoms with Gasteiger partial charge in [-0.2, -0.15) is 4.94 Å². The Morgan fingerprint density at radius 2 is 1.62 bits per heavy atom. The number of nitrogens with one attached hydrogen (secondary N) is 4. The van der Waals surface area contributed by atoms with E-state index in [1.54, 1.807) is 5.06 Å². The summed E-state index contributed by atoms with van der Waals surface area (Å²) in [5, 5.41) is 10.9. The van der Waals surface area contributed by atoms with Crippen LogP contribution in [0.1, 0.15) is 72.4 Å². The molecule has 2 unspecified atom stereocenters. The predicted octanol–water partition coefficient (Wildman–Crippen LogP) is 6.83. The van der Waals surface area contributed by atoms with Gasteiger partial charge in [0.2, 0.25) is 6.41 Å². The number of alkyl carbamates (subject to hydrolysis) is 1. The van der Waals surface area contributed by atoms with Crippen LogP contribution in [0.3, 0.4) is 0 Å². The van der Waals surface area contributed by atoms with Crippen LogP contribution in [0.2, 0.25) is 0 Å². The fraction of sp³-hybridized carbons (Fsp3) is 0.444. The molecule has 1 aliphatic rings. The highest BCUT2D eigenvalue weighted by atomic mass is 16.8. The molecular formula is C36H51N5O4. The summed E-state index contributed by atoms with van der Waals surface area (Å²) in [6, 6.07) is 16.7. The lowest BCUT2D eigenvalue weighted by molar-refractivity contribution is -0.121. The van der Waals surface area contributed by atoms with Gasteiger partial charge in [0, 0.05) is 43.0 Å². The molecule has 4 N–H and O–H groups in total. The second kappa shape index (κ2) is 16.2. The molecule has 2 amide bonds. The van der Waals surface area contributed by atoms with E-state index >= 15 is 0 Å². The lowest BCUT2D eigenvalue weighted by Gasteiger charge is -2.33. The number of amides is 2. The number of hydrogen-bond donors (Lipinski definition) is 4. The summed E-state index contributed by atoms with van der Waals surface area (Å²) in [5.41, 5.74) is 9.59.